The van der Waals surface area contributed by atoms with E-state index in [1.807, 2.05) is 0 Å². The average Bonchev–Trinajstić information content (AvgIpc) is 3.59. The van der Waals surface area contributed by atoms with E-state index in [-0.39, 0.29) is 12.5 Å². The van der Waals surface area contributed by atoms with Crippen LogP contribution in [0.4, 0.5) is 0 Å². The molecule has 28 heavy (non-hydrogen) atoms. The van der Waals surface area contributed by atoms with E-state index in [1.165, 1.54) is 57.8 Å². The lowest BCUT2D eigenvalue weighted by atomic mass is 9.88. The molecule has 4 fully saturated rings. The molecule has 5 nitrogen and oxygen atoms in total. The minimum absolute atomic E-state index is 0.0429. The number of rotatable bonds is 7. The van der Waals surface area contributed by atoms with Crippen molar-refractivity contribution in [2.45, 2.75) is 108 Å². The molecule has 0 bridgehead atoms. The quantitative estimate of drug-likeness (QED) is 0.722. The van der Waals surface area contributed by atoms with Gasteiger partial charge in [0.2, 0.25) is 5.91 Å². The van der Waals surface area contributed by atoms with Gasteiger partial charge in [-0.15, -0.1) is 0 Å². The van der Waals surface area contributed by atoms with Gasteiger partial charge in [0, 0.05) is 37.8 Å². The van der Waals surface area contributed by atoms with Gasteiger partial charge in [0.25, 0.3) is 0 Å². The number of piperidine rings is 1. The summed E-state index contributed by atoms with van der Waals surface area (Å²) in [5.41, 5.74) is 0. The summed E-state index contributed by atoms with van der Waals surface area (Å²) in [5.74, 6) is 0.823. The van der Waals surface area contributed by atoms with Gasteiger partial charge in [-0.2, -0.15) is 0 Å². The van der Waals surface area contributed by atoms with Gasteiger partial charge >= 0.3 is 0 Å². The molecule has 4 rings (SSSR count). The Bertz CT molecular complexity index is 488. The zero-order valence-electron chi connectivity index (χ0n) is 17.6. The molecule has 0 aromatic carbocycles. The zero-order chi connectivity index (χ0) is 19.3. The number of aliphatic hydroxyl groups is 1. The Balaban J connectivity index is 1.23. The van der Waals surface area contributed by atoms with Crippen LogP contribution < -0.4 is 0 Å². The maximum absolute atomic E-state index is 12.5. The lowest BCUT2D eigenvalue weighted by molar-refractivity contribution is -0.141. The van der Waals surface area contributed by atoms with E-state index in [1.54, 1.807) is 0 Å². The van der Waals surface area contributed by atoms with E-state index in [9.17, 15) is 9.90 Å². The van der Waals surface area contributed by atoms with Crippen molar-refractivity contribution in [3.05, 3.63) is 0 Å². The number of nitrogens with zero attached hydrogens (tertiary/aromatic N) is 2. The number of aliphatic hydroxyl groups excluding tert-OH is 1. The van der Waals surface area contributed by atoms with E-state index in [0.29, 0.717) is 24.2 Å². The normalized spacial score (nSPS) is 31.0. The van der Waals surface area contributed by atoms with Crippen molar-refractivity contribution in [3.63, 3.8) is 0 Å². The SMILES string of the molecule is O=C(CO)N(C1CCCCC1)C1CCN(C2CCC(OCC3CC3)CC2)CC1. The van der Waals surface area contributed by atoms with Gasteiger partial charge in [-0.05, 0) is 70.1 Å². The van der Waals surface area contributed by atoms with E-state index in [2.05, 4.69) is 9.80 Å². The molecule has 0 spiro atoms. The Labute approximate surface area is 170 Å². The van der Waals surface area contributed by atoms with Crippen molar-refractivity contribution in [2.75, 3.05) is 26.3 Å². The summed E-state index contributed by atoms with van der Waals surface area (Å²) < 4.78 is 6.11. The maximum atomic E-state index is 12.5. The fourth-order valence-corrected chi connectivity index (χ4v) is 5.81. The predicted molar refractivity (Wildman–Crippen MR) is 110 cm³/mol. The second-order valence-corrected chi connectivity index (χ2v) is 9.73. The summed E-state index contributed by atoms with van der Waals surface area (Å²) in [6, 6.07) is 1.40. The van der Waals surface area contributed by atoms with Crippen molar-refractivity contribution in [3.8, 4) is 0 Å². The number of ether oxygens (including phenoxy) is 1. The van der Waals surface area contributed by atoms with Crippen molar-refractivity contribution in [1.29, 1.82) is 0 Å². The van der Waals surface area contributed by atoms with Gasteiger partial charge in [0.1, 0.15) is 6.61 Å². The summed E-state index contributed by atoms with van der Waals surface area (Å²) in [5, 5.41) is 9.52. The Kier molecular flexibility index (Phi) is 7.29. The molecule has 0 unspecified atom stereocenters. The number of hydrogen-bond acceptors (Lipinski definition) is 4. The first-order valence-electron chi connectivity index (χ1n) is 12.0. The molecular weight excluding hydrogens is 352 g/mol. The Morgan fingerprint density at radius 1 is 0.857 bits per heavy atom. The van der Waals surface area contributed by atoms with Crippen molar-refractivity contribution < 1.29 is 14.6 Å². The lowest BCUT2D eigenvalue weighted by Crippen LogP contribution is -2.54. The van der Waals surface area contributed by atoms with Gasteiger partial charge in [0.15, 0.2) is 0 Å². The molecule has 1 heterocycles. The average molecular weight is 393 g/mol. The number of carbonyl (C=O) groups excluding carboxylic acids is 1. The van der Waals surface area contributed by atoms with E-state index < -0.39 is 0 Å². The molecule has 1 N–H and O–H groups in total. The van der Waals surface area contributed by atoms with Crippen LogP contribution in [0.5, 0.6) is 0 Å². The highest BCUT2D eigenvalue weighted by Gasteiger charge is 2.35. The molecule has 5 heteroatoms. The summed E-state index contributed by atoms with van der Waals surface area (Å²) in [7, 11) is 0. The number of carbonyl (C=O) groups is 1. The molecule has 1 aliphatic heterocycles. The molecule has 0 aromatic heterocycles. The van der Waals surface area contributed by atoms with Gasteiger partial charge in [-0.1, -0.05) is 19.3 Å². The van der Waals surface area contributed by atoms with Crippen LogP contribution in [-0.2, 0) is 9.53 Å². The largest absolute Gasteiger partial charge is 0.387 e. The molecule has 0 atom stereocenters. The maximum Gasteiger partial charge on any atom is 0.248 e. The van der Waals surface area contributed by atoms with Crippen LogP contribution in [0.1, 0.15) is 83.5 Å². The van der Waals surface area contributed by atoms with Crippen LogP contribution in [0.2, 0.25) is 0 Å². The highest BCUT2D eigenvalue weighted by Crippen LogP contribution is 2.33. The summed E-state index contributed by atoms with van der Waals surface area (Å²) in [6.07, 6.45) is 16.3. The third-order valence-corrected chi connectivity index (χ3v) is 7.71. The first kappa shape index (κ1) is 20.6. The highest BCUT2D eigenvalue weighted by atomic mass is 16.5. The first-order chi connectivity index (χ1) is 13.7. The minimum Gasteiger partial charge on any atom is -0.387 e. The molecule has 0 radical (unpaired) electrons. The summed E-state index contributed by atoms with van der Waals surface area (Å²) in [4.78, 5) is 17.3. The molecule has 4 aliphatic rings. The topological polar surface area (TPSA) is 53.0 Å². The van der Waals surface area contributed by atoms with Gasteiger partial charge in [0.05, 0.1) is 6.10 Å². The summed E-state index contributed by atoms with van der Waals surface area (Å²) >= 11 is 0. The van der Waals surface area contributed by atoms with Crippen LogP contribution in [-0.4, -0.2) is 71.3 Å². The standard InChI is InChI=1S/C23H40N2O3/c26-16-23(27)25(20-4-2-1-3-5-20)21-12-14-24(15-13-21)19-8-10-22(11-9-19)28-17-18-6-7-18/h18-22,26H,1-17H2. The number of amides is 1. The second-order valence-electron chi connectivity index (χ2n) is 9.73. The predicted octanol–water partition coefficient (Wildman–Crippen LogP) is 3.34. The third kappa shape index (κ3) is 5.28. The fourth-order valence-electron chi connectivity index (χ4n) is 5.81. The molecule has 1 saturated heterocycles. The van der Waals surface area contributed by atoms with Crippen LogP contribution in [0.3, 0.4) is 0 Å². The van der Waals surface area contributed by atoms with Gasteiger partial charge in [-0.25, -0.2) is 0 Å². The van der Waals surface area contributed by atoms with Crippen molar-refractivity contribution in [2.24, 2.45) is 5.92 Å². The number of likely N-dealkylation sites (tertiary alicyclic amines) is 1. The number of hydrogen-bond donors (Lipinski definition) is 1. The van der Waals surface area contributed by atoms with E-state index >= 15 is 0 Å². The smallest absolute Gasteiger partial charge is 0.248 e. The van der Waals surface area contributed by atoms with Crippen molar-refractivity contribution in [1.82, 2.24) is 9.80 Å². The van der Waals surface area contributed by atoms with E-state index in [4.69, 9.17) is 4.74 Å². The fraction of sp³-hybridized carbons (Fsp3) is 0.957. The van der Waals surface area contributed by atoms with Crippen LogP contribution in [0.25, 0.3) is 0 Å². The molecule has 1 amide bonds. The minimum atomic E-state index is -0.332. The molecule has 160 valence electrons. The third-order valence-electron chi connectivity index (χ3n) is 7.71. The van der Waals surface area contributed by atoms with Gasteiger partial charge in [-0.3, -0.25) is 4.79 Å². The Morgan fingerprint density at radius 2 is 1.50 bits per heavy atom. The molecule has 3 aliphatic carbocycles. The Hall–Kier alpha value is -0.650. The molecule has 3 saturated carbocycles. The van der Waals surface area contributed by atoms with Crippen molar-refractivity contribution >= 4 is 5.91 Å². The zero-order valence-corrected chi connectivity index (χ0v) is 17.6. The van der Waals surface area contributed by atoms with Gasteiger partial charge < -0.3 is 19.6 Å². The van der Waals surface area contributed by atoms with Crippen LogP contribution in [0, 0.1) is 5.92 Å². The monoisotopic (exact) mass is 392 g/mol. The van der Waals surface area contributed by atoms with E-state index in [0.717, 1.165) is 51.3 Å². The lowest BCUT2D eigenvalue weighted by Gasteiger charge is -2.46. The first-order valence-corrected chi connectivity index (χ1v) is 12.0. The highest BCUT2D eigenvalue weighted by molar-refractivity contribution is 5.78. The van der Waals surface area contributed by atoms with Crippen LogP contribution in [0.15, 0.2) is 0 Å². The second kappa shape index (κ2) is 9.90. The summed E-state index contributed by atoms with van der Waals surface area (Å²) in [6.45, 7) is 2.87. The molecule has 0 aromatic rings. The Morgan fingerprint density at radius 3 is 2.11 bits per heavy atom. The molecular formula is C23H40N2O3. The van der Waals surface area contributed by atoms with Crippen LogP contribution >= 0.6 is 0 Å².